The Kier molecular flexibility index (Phi) is 6.92. The van der Waals surface area contributed by atoms with Gasteiger partial charge in [-0.2, -0.15) is 0 Å². The first-order valence-electron chi connectivity index (χ1n) is 11.1. The van der Waals surface area contributed by atoms with E-state index in [4.69, 9.17) is 9.47 Å². The number of ether oxygens (including phenoxy) is 2. The number of carbonyl (C=O) groups is 1. The number of rotatable bonds is 8. The van der Waals surface area contributed by atoms with Crippen LogP contribution >= 0.6 is 0 Å². The number of aromatic nitrogens is 2. The van der Waals surface area contributed by atoms with E-state index in [9.17, 15) is 4.79 Å². The number of aryl methyl sites for hydroxylation is 1. The lowest BCUT2D eigenvalue weighted by molar-refractivity contribution is 0.107. The number of carbonyl (C=O) groups excluding carboxylic acids is 1. The maximum absolute atomic E-state index is 12.5. The van der Waals surface area contributed by atoms with Gasteiger partial charge in [-0.25, -0.2) is 9.78 Å². The van der Waals surface area contributed by atoms with E-state index in [2.05, 4.69) is 20.9 Å². The fourth-order valence-electron chi connectivity index (χ4n) is 3.92. The summed E-state index contributed by atoms with van der Waals surface area (Å²) >= 11 is 0. The van der Waals surface area contributed by atoms with Crippen molar-refractivity contribution in [2.75, 3.05) is 26.2 Å². The lowest BCUT2D eigenvalue weighted by Gasteiger charge is -2.32. The lowest BCUT2D eigenvalue weighted by atomic mass is 10.1. The van der Waals surface area contributed by atoms with Crippen molar-refractivity contribution in [3.05, 3.63) is 54.9 Å². The monoisotopic (exact) mass is 422 g/mol. The van der Waals surface area contributed by atoms with Crippen molar-refractivity contribution in [2.45, 2.75) is 38.8 Å². The summed E-state index contributed by atoms with van der Waals surface area (Å²) in [5.41, 5.74) is 2.13. The molecule has 164 valence electrons. The molecule has 0 radical (unpaired) electrons. The fourth-order valence-corrected chi connectivity index (χ4v) is 3.92. The standard InChI is InChI=1S/C24H30N4O3/c1-2-30-22-10-5-6-11-23(22)31-19-12-16-27(17-13-19)24(29)25-14-7-15-28-18-26-20-8-3-4-9-21(20)28/h3-6,8-11,18-19H,2,7,12-17H2,1H3,(H,25,29). The topological polar surface area (TPSA) is 68.6 Å². The second-order valence-electron chi connectivity index (χ2n) is 7.70. The van der Waals surface area contributed by atoms with Gasteiger partial charge in [0.1, 0.15) is 6.10 Å². The Bertz CT molecular complexity index is 995. The van der Waals surface area contributed by atoms with Gasteiger partial charge in [0.05, 0.1) is 24.0 Å². The summed E-state index contributed by atoms with van der Waals surface area (Å²) in [4.78, 5) is 18.8. The van der Waals surface area contributed by atoms with Crippen molar-refractivity contribution in [3.8, 4) is 11.5 Å². The van der Waals surface area contributed by atoms with E-state index < -0.39 is 0 Å². The second-order valence-corrected chi connectivity index (χ2v) is 7.70. The molecule has 31 heavy (non-hydrogen) atoms. The van der Waals surface area contributed by atoms with Crippen LogP contribution in [0.3, 0.4) is 0 Å². The highest BCUT2D eigenvalue weighted by Crippen LogP contribution is 2.29. The molecular formula is C24H30N4O3. The number of fused-ring (bicyclic) bond motifs is 1. The molecule has 2 aromatic carbocycles. The molecular weight excluding hydrogens is 392 g/mol. The highest BCUT2D eigenvalue weighted by atomic mass is 16.5. The highest BCUT2D eigenvalue weighted by molar-refractivity contribution is 5.75. The third-order valence-electron chi connectivity index (χ3n) is 5.55. The number of hydrogen-bond acceptors (Lipinski definition) is 4. The molecule has 0 spiro atoms. The zero-order valence-electron chi connectivity index (χ0n) is 18.0. The maximum Gasteiger partial charge on any atom is 0.317 e. The maximum atomic E-state index is 12.5. The molecule has 1 saturated heterocycles. The van der Waals surface area contributed by atoms with E-state index in [1.807, 2.05) is 60.6 Å². The Balaban J connectivity index is 1.18. The van der Waals surface area contributed by atoms with E-state index in [0.717, 1.165) is 48.3 Å². The van der Waals surface area contributed by atoms with Crippen LogP contribution in [-0.2, 0) is 6.54 Å². The summed E-state index contributed by atoms with van der Waals surface area (Å²) in [5, 5.41) is 3.05. The molecule has 1 N–H and O–H groups in total. The average Bonchev–Trinajstić information content (AvgIpc) is 3.22. The minimum Gasteiger partial charge on any atom is -0.490 e. The van der Waals surface area contributed by atoms with Crippen molar-refractivity contribution >= 4 is 17.1 Å². The van der Waals surface area contributed by atoms with Gasteiger partial charge in [0.15, 0.2) is 11.5 Å². The predicted octanol–water partition coefficient (Wildman–Crippen LogP) is 4.08. The molecule has 1 fully saturated rings. The molecule has 0 unspecified atom stereocenters. The summed E-state index contributed by atoms with van der Waals surface area (Å²) < 4.78 is 13.9. The van der Waals surface area contributed by atoms with Crippen LogP contribution in [0.2, 0.25) is 0 Å². The van der Waals surface area contributed by atoms with Gasteiger partial charge < -0.3 is 24.3 Å². The van der Waals surface area contributed by atoms with Crippen molar-refractivity contribution in [1.29, 1.82) is 0 Å². The predicted molar refractivity (Wildman–Crippen MR) is 121 cm³/mol. The van der Waals surface area contributed by atoms with E-state index in [1.54, 1.807) is 0 Å². The first-order valence-corrected chi connectivity index (χ1v) is 11.1. The number of nitrogens with one attached hydrogen (secondary N) is 1. The molecule has 3 aromatic rings. The van der Waals surface area contributed by atoms with Crippen molar-refractivity contribution in [1.82, 2.24) is 19.8 Å². The number of piperidine rings is 1. The Morgan fingerprint density at radius 2 is 1.84 bits per heavy atom. The summed E-state index contributed by atoms with van der Waals surface area (Å²) in [6, 6.07) is 15.9. The molecule has 1 aliphatic heterocycles. The number of amides is 2. The van der Waals surface area contributed by atoms with E-state index in [-0.39, 0.29) is 12.1 Å². The number of para-hydroxylation sites is 4. The first-order chi connectivity index (χ1) is 15.2. The molecule has 2 amide bonds. The van der Waals surface area contributed by atoms with Crippen LogP contribution in [0.15, 0.2) is 54.9 Å². The first kappa shape index (κ1) is 21.0. The summed E-state index contributed by atoms with van der Waals surface area (Å²) in [6.07, 6.45) is 4.45. The van der Waals surface area contributed by atoms with Crippen LogP contribution in [0.25, 0.3) is 11.0 Å². The van der Waals surface area contributed by atoms with E-state index >= 15 is 0 Å². The number of benzene rings is 2. The Morgan fingerprint density at radius 1 is 1.10 bits per heavy atom. The molecule has 2 heterocycles. The number of nitrogens with zero attached hydrogens (tertiary/aromatic N) is 3. The van der Waals surface area contributed by atoms with Crippen molar-refractivity contribution in [2.24, 2.45) is 0 Å². The zero-order valence-corrected chi connectivity index (χ0v) is 18.0. The molecule has 0 atom stereocenters. The molecule has 0 saturated carbocycles. The fraction of sp³-hybridized carbons (Fsp3) is 0.417. The van der Waals surface area contributed by atoms with Gasteiger partial charge in [0, 0.05) is 39.0 Å². The minimum atomic E-state index is 0.00338. The number of urea groups is 1. The molecule has 1 aromatic heterocycles. The van der Waals surface area contributed by atoms with Crippen LogP contribution in [0, 0.1) is 0 Å². The van der Waals surface area contributed by atoms with Gasteiger partial charge in [-0.15, -0.1) is 0 Å². The molecule has 0 aliphatic carbocycles. The molecule has 4 rings (SSSR count). The third kappa shape index (κ3) is 5.29. The smallest absolute Gasteiger partial charge is 0.317 e. The Labute approximate surface area is 183 Å². The van der Waals surface area contributed by atoms with Gasteiger partial charge in [0.2, 0.25) is 0 Å². The Hall–Kier alpha value is -3.22. The molecule has 1 aliphatic rings. The van der Waals surface area contributed by atoms with Crippen LogP contribution in [0.1, 0.15) is 26.2 Å². The largest absolute Gasteiger partial charge is 0.490 e. The van der Waals surface area contributed by atoms with Crippen LogP contribution in [-0.4, -0.2) is 52.8 Å². The number of hydrogen-bond donors (Lipinski definition) is 1. The van der Waals surface area contributed by atoms with Crippen LogP contribution in [0.5, 0.6) is 11.5 Å². The summed E-state index contributed by atoms with van der Waals surface area (Å²) in [6.45, 7) is 5.43. The van der Waals surface area contributed by atoms with Crippen molar-refractivity contribution in [3.63, 3.8) is 0 Å². The van der Waals surface area contributed by atoms with Gasteiger partial charge in [-0.3, -0.25) is 0 Å². The van der Waals surface area contributed by atoms with Crippen LogP contribution < -0.4 is 14.8 Å². The van der Waals surface area contributed by atoms with Gasteiger partial charge in [-0.05, 0) is 37.6 Å². The lowest BCUT2D eigenvalue weighted by Crippen LogP contribution is -2.46. The van der Waals surface area contributed by atoms with Crippen molar-refractivity contribution < 1.29 is 14.3 Å². The third-order valence-corrected chi connectivity index (χ3v) is 5.55. The van der Waals surface area contributed by atoms with E-state index in [1.165, 1.54) is 0 Å². The van der Waals surface area contributed by atoms with Gasteiger partial charge in [-0.1, -0.05) is 24.3 Å². The minimum absolute atomic E-state index is 0.00338. The van der Waals surface area contributed by atoms with Gasteiger partial charge >= 0.3 is 6.03 Å². The van der Waals surface area contributed by atoms with Gasteiger partial charge in [0.25, 0.3) is 0 Å². The molecule has 7 nitrogen and oxygen atoms in total. The molecule has 7 heteroatoms. The van der Waals surface area contributed by atoms with E-state index in [0.29, 0.717) is 26.2 Å². The number of likely N-dealkylation sites (tertiary alicyclic amines) is 1. The average molecular weight is 423 g/mol. The SMILES string of the molecule is CCOc1ccccc1OC1CCN(C(=O)NCCCn2cnc3ccccc32)CC1. The summed E-state index contributed by atoms with van der Waals surface area (Å²) in [7, 11) is 0. The second kappa shape index (κ2) is 10.2. The molecule has 0 bridgehead atoms. The number of imidazole rings is 1. The Morgan fingerprint density at radius 3 is 2.65 bits per heavy atom. The zero-order chi connectivity index (χ0) is 21.5. The normalized spacial score (nSPS) is 14.5. The highest BCUT2D eigenvalue weighted by Gasteiger charge is 2.24. The quantitative estimate of drug-likeness (QED) is 0.556. The summed E-state index contributed by atoms with van der Waals surface area (Å²) in [5.74, 6) is 1.55. The van der Waals surface area contributed by atoms with Crippen LogP contribution in [0.4, 0.5) is 4.79 Å².